The lowest BCUT2D eigenvalue weighted by Crippen LogP contribution is -2.43. The number of nitrogens with one attached hydrogen (secondary N) is 2. The molecule has 2 N–H and O–H groups in total. The molecule has 0 bridgehead atoms. The largest absolute Gasteiger partial charge is 0.495 e. The monoisotopic (exact) mass is 562 g/mol. The van der Waals surface area contributed by atoms with Crippen LogP contribution in [0.2, 0.25) is 0 Å². The highest BCUT2D eigenvalue weighted by molar-refractivity contribution is 6.12. The average Bonchev–Trinajstić information content (AvgIpc) is 3.35. The highest BCUT2D eigenvalue weighted by Crippen LogP contribution is 2.31. The van der Waals surface area contributed by atoms with Gasteiger partial charge < -0.3 is 24.5 Å². The Morgan fingerprint density at radius 2 is 1.80 bits per heavy atom. The van der Waals surface area contributed by atoms with Crippen molar-refractivity contribution >= 4 is 34.7 Å². The van der Waals surface area contributed by atoms with E-state index < -0.39 is 29.3 Å². The summed E-state index contributed by atoms with van der Waals surface area (Å²) < 4.78 is 15.6. The number of amides is 1. The molecule has 1 unspecified atom stereocenters. The summed E-state index contributed by atoms with van der Waals surface area (Å²) in [4.78, 5) is 63.2. The maximum absolute atomic E-state index is 13.8. The summed E-state index contributed by atoms with van der Waals surface area (Å²) in [5.41, 5.74) is 0.562. The molecule has 41 heavy (non-hydrogen) atoms. The molecule has 0 saturated carbocycles. The molecule has 0 fully saturated rings. The molecule has 0 saturated heterocycles. The van der Waals surface area contributed by atoms with Gasteiger partial charge in [-0.05, 0) is 32.4 Å². The van der Waals surface area contributed by atoms with Gasteiger partial charge in [0.1, 0.15) is 23.8 Å². The lowest BCUT2D eigenvalue weighted by molar-refractivity contribution is -0.146. The number of fused-ring (bicyclic) bond motifs is 1. The second kappa shape index (κ2) is 13.6. The summed E-state index contributed by atoms with van der Waals surface area (Å²) in [6.45, 7) is 8.76. The minimum Gasteiger partial charge on any atom is -0.495 e. The predicted octanol–water partition coefficient (Wildman–Crippen LogP) is 3.60. The van der Waals surface area contributed by atoms with E-state index in [1.165, 1.54) is 25.6 Å². The molecular formula is C30H34N4O7. The lowest BCUT2D eigenvalue weighted by atomic mass is 9.82. The maximum atomic E-state index is 13.8. The Balaban J connectivity index is 2.10. The standard InChI is InChI=1S/C30H34N4O7/c1-7-40-24(35)14-12-22(29(38)41-8-2)34-28(37)20-11-13-23(39-6)19(25(20)26(36)30(3,4)5)10-9-18-15-32-27-21(18)16-31-17-33-27/h11,13,15-17,22H,7-8,12,14H2,1-6H3,(H,34,37)(H,31,32,33). The smallest absolute Gasteiger partial charge is 0.328 e. The zero-order valence-electron chi connectivity index (χ0n) is 24.0. The first kappa shape index (κ1) is 30.8. The highest BCUT2D eigenvalue weighted by atomic mass is 16.5. The van der Waals surface area contributed by atoms with Gasteiger partial charge in [-0.25, -0.2) is 14.8 Å². The van der Waals surface area contributed by atoms with Gasteiger partial charge in [-0.3, -0.25) is 14.4 Å². The van der Waals surface area contributed by atoms with Gasteiger partial charge in [-0.2, -0.15) is 0 Å². The molecule has 0 radical (unpaired) electrons. The number of esters is 2. The molecule has 3 aromatic rings. The van der Waals surface area contributed by atoms with Crippen LogP contribution in [0, 0.1) is 17.3 Å². The van der Waals surface area contributed by atoms with Crippen LogP contribution in [0.1, 0.15) is 79.3 Å². The predicted molar refractivity (Wildman–Crippen MR) is 150 cm³/mol. The van der Waals surface area contributed by atoms with Crippen molar-refractivity contribution in [2.24, 2.45) is 5.41 Å². The van der Waals surface area contributed by atoms with E-state index in [1.807, 2.05) is 0 Å². The third kappa shape index (κ3) is 7.48. The van der Waals surface area contributed by atoms with Crippen molar-refractivity contribution in [1.29, 1.82) is 0 Å². The second-order valence-corrected chi connectivity index (χ2v) is 10.0. The van der Waals surface area contributed by atoms with Gasteiger partial charge in [0.15, 0.2) is 5.78 Å². The summed E-state index contributed by atoms with van der Waals surface area (Å²) in [6, 6.07) is 1.84. The summed E-state index contributed by atoms with van der Waals surface area (Å²) >= 11 is 0. The second-order valence-electron chi connectivity index (χ2n) is 10.0. The van der Waals surface area contributed by atoms with E-state index >= 15 is 0 Å². The number of hydrogen-bond acceptors (Lipinski definition) is 9. The molecule has 11 heteroatoms. The van der Waals surface area contributed by atoms with Crippen LogP contribution in [0.25, 0.3) is 11.0 Å². The fraction of sp³-hybridized carbons (Fsp3) is 0.400. The molecule has 0 aliphatic rings. The zero-order chi connectivity index (χ0) is 30.2. The normalized spacial score (nSPS) is 11.7. The number of Topliss-reactive ketones (excluding diaryl/α,β-unsaturated/α-hetero) is 1. The van der Waals surface area contributed by atoms with Crippen LogP contribution in [0.3, 0.4) is 0 Å². The summed E-state index contributed by atoms with van der Waals surface area (Å²) in [6.07, 6.45) is 4.55. The summed E-state index contributed by atoms with van der Waals surface area (Å²) in [7, 11) is 1.44. The molecule has 2 heterocycles. The Bertz CT molecular complexity index is 1510. The van der Waals surface area contributed by atoms with Crippen LogP contribution in [-0.2, 0) is 19.1 Å². The first-order chi connectivity index (χ1) is 19.5. The van der Waals surface area contributed by atoms with Gasteiger partial charge in [-0.1, -0.05) is 32.6 Å². The van der Waals surface area contributed by atoms with Crippen molar-refractivity contribution in [2.45, 2.75) is 53.5 Å². The number of aromatic amines is 1. The molecule has 0 aliphatic heterocycles. The van der Waals surface area contributed by atoms with Crippen LogP contribution in [0.4, 0.5) is 0 Å². The summed E-state index contributed by atoms with van der Waals surface area (Å²) in [5, 5.41) is 3.33. The Kier molecular flexibility index (Phi) is 10.2. The maximum Gasteiger partial charge on any atom is 0.328 e. The van der Waals surface area contributed by atoms with Gasteiger partial charge in [-0.15, -0.1) is 0 Å². The molecule has 3 rings (SSSR count). The SMILES string of the molecule is CCOC(=O)CCC(NC(=O)c1ccc(OC)c(C#Cc2c[nH]c3ncncc23)c1C(=O)C(C)(C)C)C(=O)OCC. The van der Waals surface area contributed by atoms with Crippen molar-refractivity contribution in [3.63, 3.8) is 0 Å². The van der Waals surface area contributed by atoms with Crippen molar-refractivity contribution < 1.29 is 33.4 Å². The molecule has 216 valence electrons. The molecule has 1 aromatic carbocycles. The highest BCUT2D eigenvalue weighted by Gasteiger charge is 2.32. The quantitative estimate of drug-likeness (QED) is 0.215. The van der Waals surface area contributed by atoms with Crippen LogP contribution < -0.4 is 10.1 Å². The fourth-order valence-corrected chi connectivity index (χ4v) is 3.99. The van der Waals surface area contributed by atoms with Crippen molar-refractivity contribution in [2.75, 3.05) is 20.3 Å². The molecular weight excluding hydrogens is 528 g/mol. The number of carbonyl (C=O) groups excluding carboxylic acids is 4. The molecule has 1 atom stereocenters. The number of rotatable bonds is 10. The number of aromatic nitrogens is 3. The number of ether oxygens (including phenoxy) is 3. The van der Waals surface area contributed by atoms with Crippen molar-refractivity contribution in [3.05, 3.63) is 53.1 Å². The number of benzene rings is 1. The topological polar surface area (TPSA) is 150 Å². The van der Waals surface area contributed by atoms with E-state index in [-0.39, 0.29) is 48.5 Å². The molecule has 0 aliphatic carbocycles. The van der Waals surface area contributed by atoms with E-state index in [1.54, 1.807) is 47.0 Å². The summed E-state index contributed by atoms with van der Waals surface area (Å²) in [5.74, 6) is 4.08. The molecule has 1 amide bonds. The first-order valence-electron chi connectivity index (χ1n) is 13.2. The number of carbonyl (C=O) groups is 4. The number of ketones is 1. The van der Waals surface area contributed by atoms with E-state index in [9.17, 15) is 19.2 Å². The molecule has 0 spiro atoms. The Morgan fingerprint density at radius 1 is 1.07 bits per heavy atom. The Hall–Kier alpha value is -4.72. The molecule has 11 nitrogen and oxygen atoms in total. The third-order valence-electron chi connectivity index (χ3n) is 6.04. The van der Waals surface area contributed by atoms with Crippen molar-refractivity contribution in [1.82, 2.24) is 20.3 Å². The zero-order valence-corrected chi connectivity index (χ0v) is 24.0. The van der Waals surface area contributed by atoms with Gasteiger partial charge in [0, 0.05) is 24.2 Å². The van der Waals surface area contributed by atoms with Gasteiger partial charge in [0.2, 0.25) is 0 Å². The minimum atomic E-state index is -1.15. The minimum absolute atomic E-state index is 0.00252. The van der Waals surface area contributed by atoms with Gasteiger partial charge in [0.25, 0.3) is 5.91 Å². The third-order valence-corrected chi connectivity index (χ3v) is 6.04. The number of methoxy groups -OCH3 is 1. The van der Waals surface area contributed by atoms with Gasteiger partial charge in [0.05, 0.1) is 48.0 Å². The van der Waals surface area contributed by atoms with E-state index in [0.29, 0.717) is 22.3 Å². The number of hydrogen-bond donors (Lipinski definition) is 2. The van der Waals surface area contributed by atoms with E-state index in [4.69, 9.17) is 14.2 Å². The lowest BCUT2D eigenvalue weighted by Gasteiger charge is -2.22. The Morgan fingerprint density at radius 3 is 2.46 bits per heavy atom. The fourth-order valence-electron chi connectivity index (χ4n) is 3.99. The van der Waals surface area contributed by atoms with E-state index in [2.05, 4.69) is 32.1 Å². The Labute approximate surface area is 238 Å². The average molecular weight is 563 g/mol. The van der Waals surface area contributed by atoms with Crippen molar-refractivity contribution in [3.8, 4) is 17.6 Å². The van der Waals surface area contributed by atoms with E-state index in [0.717, 1.165) is 0 Å². The van der Waals surface area contributed by atoms with Crippen LogP contribution in [0.15, 0.2) is 30.9 Å². The van der Waals surface area contributed by atoms with Crippen LogP contribution in [0.5, 0.6) is 5.75 Å². The first-order valence-corrected chi connectivity index (χ1v) is 13.2. The van der Waals surface area contributed by atoms with Crippen LogP contribution in [-0.4, -0.2) is 64.9 Å². The number of nitrogens with zero attached hydrogens (tertiary/aromatic N) is 2. The number of H-pyrrole nitrogens is 1. The van der Waals surface area contributed by atoms with Crippen LogP contribution >= 0.6 is 0 Å². The van der Waals surface area contributed by atoms with Gasteiger partial charge >= 0.3 is 11.9 Å². The molecule has 2 aromatic heterocycles.